The van der Waals surface area contributed by atoms with Gasteiger partial charge in [-0.05, 0) is 73.6 Å². The van der Waals surface area contributed by atoms with Gasteiger partial charge >= 0.3 is 0 Å². The summed E-state index contributed by atoms with van der Waals surface area (Å²) in [4.78, 5) is 11.8. The lowest BCUT2D eigenvalue weighted by Crippen LogP contribution is -2.45. The highest BCUT2D eigenvalue weighted by atomic mass is 19.1. The van der Waals surface area contributed by atoms with Crippen LogP contribution in [0.2, 0.25) is 0 Å². The zero-order valence-electron chi connectivity index (χ0n) is 18.0. The summed E-state index contributed by atoms with van der Waals surface area (Å²) in [5, 5.41) is 16.3. The molecule has 1 heterocycles. The van der Waals surface area contributed by atoms with Crippen molar-refractivity contribution in [1.82, 2.24) is 9.78 Å². The Morgan fingerprint density at radius 2 is 2.06 bits per heavy atom. The van der Waals surface area contributed by atoms with E-state index in [-0.39, 0.29) is 5.82 Å². The highest BCUT2D eigenvalue weighted by molar-refractivity contribution is 5.94. The lowest BCUT2D eigenvalue weighted by molar-refractivity contribution is -0.0461. The second-order valence-electron chi connectivity index (χ2n) is 9.18. The van der Waals surface area contributed by atoms with E-state index in [9.17, 15) is 14.3 Å². The number of carbonyl (C=O) groups is 1. The van der Waals surface area contributed by atoms with Gasteiger partial charge in [-0.1, -0.05) is 36.8 Å². The van der Waals surface area contributed by atoms with Crippen molar-refractivity contribution < 1.29 is 14.3 Å². The topological polar surface area (TPSA) is 81.1 Å². The first-order valence-corrected chi connectivity index (χ1v) is 10.9. The zero-order valence-corrected chi connectivity index (χ0v) is 18.0. The molecule has 1 amide bonds. The van der Waals surface area contributed by atoms with Crippen LogP contribution in [0.25, 0.3) is 11.8 Å². The summed E-state index contributed by atoms with van der Waals surface area (Å²) in [7, 11) is 0. The Bertz CT molecular complexity index is 1250. The monoisotopic (exact) mass is 431 g/mol. The number of aromatic nitrogens is 2. The van der Waals surface area contributed by atoms with Crippen LogP contribution in [0, 0.1) is 11.2 Å². The molecule has 32 heavy (non-hydrogen) atoms. The van der Waals surface area contributed by atoms with Crippen molar-refractivity contribution in [2.45, 2.75) is 44.6 Å². The fourth-order valence-electron chi connectivity index (χ4n) is 5.46. The molecule has 2 atom stereocenters. The number of fused-ring (bicyclic) bond motifs is 2. The second kappa shape index (κ2) is 7.41. The highest BCUT2D eigenvalue weighted by Gasteiger charge is 2.54. The Morgan fingerprint density at radius 1 is 1.25 bits per heavy atom. The van der Waals surface area contributed by atoms with Crippen LogP contribution >= 0.6 is 0 Å². The van der Waals surface area contributed by atoms with Crippen molar-refractivity contribution in [2.24, 2.45) is 11.1 Å². The summed E-state index contributed by atoms with van der Waals surface area (Å²) in [5.74, 6) is -0.746. The Morgan fingerprint density at radius 3 is 2.84 bits per heavy atom. The summed E-state index contributed by atoms with van der Waals surface area (Å²) in [5.41, 5.74) is 9.45. The Labute approximate surface area is 186 Å². The fraction of sp³-hybridized carbons (Fsp3) is 0.308. The standard InChI is InChI=1S/C26H26FN3O2/c1-25-15-18-16-29-30(21-7-4-6-20(27)14-21)23(18)13-19(25)10-12-26(25,32)11-9-17-5-2-3-8-22(17)24(28)31/h2-8,13-14,16,32H,9-12,15H2,1H3,(H2,28,31)/t25-,26-/m0/s1. The average molecular weight is 432 g/mol. The van der Waals surface area contributed by atoms with E-state index in [1.54, 1.807) is 22.9 Å². The van der Waals surface area contributed by atoms with Crippen LogP contribution in [-0.4, -0.2) is 26.4 Å². The normalized spacial score (nSPS) is 24.0. The van der Waals surface area contributed by atoms with E-state index in [2.05, 4.69) is 18.1 Å². The van der Waals surface area contributed by atoms with E-state index in [0.29, 0.717) is 36.9 Å². The van der Waals surface area contributed by atoms with Crippen molar-refractivity contribution in [3.05, 3.63) is 88.5 Å². The van der Waals surface area contributed by atoms with Crippen LogP contribution in [0.3, 0.4) is 0 Å². The maximum Gasteiger partial charge on any atom is 0.248 e. The maximum absolute atomic E-state index is 13.8. The molecule has 5 rings (SSSR count). The zero-order chi connectivity index (χ0) is 22.5. The van der Waals surface area contributed by atoms with Gasteiger partial charge in [-0.2, -0.15) is 5.10 Å². The third-order valence-electron chi connectivity index (χ3n) is 7.43. The molecule has 6 heteroatoms. The number of halogens is 1. The number of rotatable bonds is 5. The number of amides is 1. The van der Waals surface area contributed by atoms with Crippen molar-refractivity contribution in [3.63, 3.8) is 0 Å². The molecule has 1 saturated carbocycles. The first-order valence-electron chi connectivity index (χ1n) is 10.9. The first-order chi connectivity index (χ1) is 15.3. The molecule has 1 aromatic heterocycles. The van der Waals surface area contributed by atoms with Crippen molar-refractivity contribution in [2.75, 3.05) is 0 Å². The molecule has 2 aliphatic carbocycles. The van der Waals surface area contributed by atoms with Gasteiger partial charge in [-0.3, -0.25) is 4.79 Å². The predicted molar refractivity (Wildman–Crippen MR) is 121 cm³/mol. The molecular weight excluding hydrogens is 405 g/mol. The predicted octanol–water partition coefficient (Wildman–Crippen LogP) is 4.21. The molecule has 0 bridgehead atoms. The molecule has 0 aliphatic heterocycles. The minimum absolute atomic E-state index is 0.300. The number of benzene rings is 2. The number of hydrogen-bond donors (Lipinski definition) is 2. The maximum atomic E-state index is 13.8. The molecule has 0 spiro atoms. The van der Waals surface area contributed by atoms with Crippen LogP contribution in [-0.2, 0) is 12.8 Å². The van der Waals surface area contributed by atoms with Crippen LogP contribution < -0.4 is 5.73 Å². The molecule has 0 unspecified atom stereocenters. The van der Waals surface area contributed by atoms with Gasteiger partial charge in [0.2, 0.25) is 5.91 Å². The lowest BCUT2D eigenvalue weighted by Gasteiger charge is -2.42. The number of primary amides is 1. The quantitative estimate of drug-likeness (QED) is 0.635. The molecule has 0 saturated heterocycles. The fourth-order valence-corrected chi connectivity index (χ4v) is 5.46. The summed E-state index contributed by atoms with van der Waals surface area (Å²) >= 11 is 0. The first kappa shape index (κ1) is 20.6. The molecule has 1 fully saturated rings. The van der Waals surface area contributed by atoms with Crippen LogP contribution in [0.15, 0.2) is 60.3 Å². The van der Waals surface area contributed by atoms with Gasteiger partial charge < -0.3 is 10.8 Å². The molecule has 2 aliphatic rings. The van der Waals surface area contributed by atoms with Crippen molar-refractivity contribution >= 4 is 12.0 Å². The van der Waals surface area contributed by atoms with E-state index in [4.69, 9.17) is 5.73 Å². The number of hydrogen-bond acceptors (Lipinski definition) is 3. The van der Waals surface area contributed by atoms with Crippen molar-refractivity contribution in [3.8, 4) is 5.69 Å². The average Bonchev–Trinajstić information content (AvgIpc) is 3.29. The van der Waals surface area contributed by atoms with E-state index in [1.807, 2.05) is 24.4 Å². The Kier molecular flexibility index (Phi) is 4.78. The third kappa shape index (κ3) is 3.17. The molecular formula is C26H26FN3O2. The number of nitrogens with zero attached hydrogens (tertiary/aromatic N) is 2. The van der Waals surface area contributed by atoms with Crippen molar-refractivity contribution in [1.29, 1.82) is 0 Å². The van der Waals surface area contributed by atoms with E-state index < -0.39 is 16.9 Å². The molecule has 164 valence electrons. The van der Waals surface area contributed by atoms with Crippen LogP contribution in [0.5, 0.6) is 0 Å². The number of carbonyl (C=O) groups excluding carboxylic acids is 1. The smallest absolute Gasteiger partial charge is 0.248 e. The van der Waals surface area contributed by atoms with Crippen LogP contribution in [0.1, 0.15) is 53.4 Å². The van der Waals surface area contributed by atoms with Gasteiger partial charge in [0.1, 0.15) is 5.82 Å². The molecule has 2 aromatic carbocycles. The summed E-state index contributed by atoms with van der Waals surface area (Å²) in [6, 6.07) is 13.7. The van der Waals surface area contributed by atoms with Gasteiger partial charge in [0.25, 0.3) is 0 Å². The van der Waals surface area contributed by atoms with E-state index in [1.165, 1.54) is 17.7 Å². The SMILES string of the molecule is C[C@]12Cc3cnn(-c4cccc(F)c4)c3C=C1CC[C@@]2(O)CCc1ccccc1C(N)=O. The minimum atomic E-state index is -0.901. The Hall–Kier alpha value is -3.25. The molecule has 3 aromatic rings. The van der Waals surface area contributed by atoms with Crippen LogP contribution in [0.4, 0.5) is 4.39 Å². The summed E-state index contributed by atoms with van der Waals surface area (Å²) in [6.07, 6.45) is 7.17. The highest BCUT2D eigenvalue weighted by Crippen LogP contribution is 2.56. The van der Waals surface area contributed by atoms with Gasteiger partial charge in [0.05, 0.1) is 23.2 Å². The van der Waals surface area contributed by atoms with Gasteiger partial charge in [0, 0.05) is 11.0 Å². The lowest BCUT2D eigenvalue weighted by atomic mass is 9.65. The minimum Gasteiger partial charge on any atom is -0.389 e. The Balaban J connectivity index is 1.44. The van der Waals surface area contributed by atoms with Gasteiger partial charge in [-0.25, -0.2) is 9.07 Å². The molecule has 5 nitrogen and oxygen atoms in total. The second-order valence-corrected chi connectivity index (χ2v) is 9.18. The molecule has 0 radical (unpaired) electrons. The summed E-state index contributed by atoms with van der Waals surface area (Å²) < 4.78 is 15.5. The van der Waals surface area contributed by atoms with Gasteiger partial charge in [-0.15, -0.1) is 0 Å². The number of aryl methyl sites for hydroxylation is 1. The number of aliphatic hydroxyl groups is 1. The molecule has 3 N–H and O–H groups in total. The van der Waals surface area contributed by atoms with E-state index >= 15 is 0 Å². The summed E-state index contributed by atoms with van der Waals surface area (Å²) in [6.45, 7) is 2.12. The van der Waals surface area contributed by atoms with E-state index in [0.717, 1.165) is 23.2 Å². The number of nitrogens with two attached hydrogens (primary N) is 1. The largest absolute Gasteiger partial charge is 0.389 e. The van der Waals surface area contributed by atoms with Gasteiger partial charge in [0.15, 0.2) is 0 Å². The third-order valence-corrected chi connectivity index (χ3v) is 7.43.